The molecule has 3 rings (SSSR count). The third kappa shape index (κ3) is 5.04. The van der Waals surface area contributed by atoms with Crippen molar-refractivity contribution in [3.8, 4) is 0 Å². The number of carbonyl (C=O) groups excluding carboxylic acids is 1. The fraction of sp³-hybridized carbons (Fsp3) is 0.100. The van der Waals surface area contributed by atoms with E-state index in [0.29, 0.717) is 5.69 Å². The van der Waals surface area contributed by atoms with Crippen molar-refractivity contribution in [3.05, 3.63) is 89.0 Å². The summed E-state index contributed by atoms with van der Waals surface area (Å²) in [7, 11) is 0. The summed E-state index contributed by atoms with van der Waals surface area (Å²) in [6.45, 7) is 0.725. The van der Waals surface area contributed by atoms with Crippen LogP contribution in [0.3, 0.4) is 0 Å². The highest BCUT2D eigenvalue weighted by atomic mass is 35.5. The zero-order valence-corrected chi connectivity index (χ0v) is 14.6. The van der Waals surface area contributed by atoms with Crippen molar-refractivity contribution < 1.29 is 9.18 Å². The van der Waals surface area contributed by atoms with E-state index in [2.05, 4.69) is 15.6 Å². The molecular weight excluding hydrogens is 353 g/mol. The van der Waals surface area contributed by atoms with Crippen LogP contribution in [0, 0.1) is 5.82 Å². The Hall–Kier alpha value is -2.92. The van der Waals surface area contributed by atoms with Crippen LogP contribution >= 0.6 is 11.6 Å². The molecule has 0 unspecified atom stereocenters. The summed E-state index contributed by atoms with van der Waals surface area (Å²) in [5, 5.41) is 6.65. The normalized spacial score (nSPS) is 10.4. The van der Waals surface area contributed by atoms with Gasteiger partial charge in [-0.1, -0.05) is 23.7 Å². The van der Waals surface area contributed by atoms with Crippen LogP contribution in [0.25, 0.3) is 0 Å². The average molecular weight is 370 g/mol. The lowest BCUT2D eigenvalue weighted by Gasteiger charge is -2.08. The van der Waals surface area contributed by atoms with E-state index in [1.165, 1.54) is 24.3 Å². The zero-order valence-electron chi connectivity index (χ0n) is 13.9. The summed E-state index contributed by atoms with van der Waals surface area (Å²) in [5.74, 6) is -0.698. The molecule has 2 N–H and O–H groups in total. The predicted octanol–water partition coefficient (Wildman–Crippen LogP) is 4.78. The van der Waals surface area contributed by atoms with Gasteiger partial charge in [-0.25, -0.2) is 9.37 Å². The summed E-state index contributed by atoms with van der Waals surface area (Å²) in [5.41, 5.74) is 2.77. The van der Waals surface area contributed by atoms with Gasteiger partial charge >= 0.3 is 0 Å². The number of nitrogens with one attached hydrogen (secondary N) is 2. The molecule has 0 saturated heterocycles. The first-order valence-corrected chi connectivity index (χ1v) is 8.49. The van der Waals surface area contributed by atoms with Crippen molar-refractivity contribution in [3.63, 3.8) is 0 Å². The number of pyridine rings is 1. The van der Waals surface area contributed by atoms with Gasteiger partial charge in [0.1, 0.15) is 11.5 Å². The summed E-state index contributed by atoms with van der Waals surface area (Å²) in [6.07, 6.45) is 2.44. The minimum Gasteiger partial charge on any atom is -0.383 e. The molecule has 1 aromatic heterocycles. The van der Waals surface area contributed by atoms with Crippen LogP contribution < -0.4 is 10.6 Å². The fourth-order valence-electron chi connectivity index (χ4n) is 2.40. The SMILES string of the molecule is O=C(Nc1ccc(F)cc1)c1ccc(NCCc2cccc(Cl)c2)cn1. The Kier molecular flexibility index (Phi) is 5.81. The molecule has 0 aliphatic carbocycles. The number of anilines is 2. The lowest BCUT2D eigenvalue weighted by Crippen LogP contribution is -2.14. The Morgan fingerprint density at radius 1 is 1.04 bits per heavy atom. The maximum Gasteiger partial charge on any atom is 0.274 e. The van der Waals surface area contributed by atoms with Crippen LogP contribution in [0.15, 0.2) is 66.9 Å². The van der Waals surface area contributed by atoms with E-state index < -0.39 is 0 Å². The molecule has 4 nitrogen and oxygen atoms in total. The van der Waals surface area contributed by atoms with Gasteiger partial charge in [0.2, 0.25) is 0 Å². The Labute approximate surface area is 156 Å². The average Bonchev–Trinajstić information content (AvgIpc) is 2.64. The Bertz CT molecular complexity index is 882. The molecular formula is C20H17ClFN3O. The van der Waals surface area contributed by atoms with E-state index in [-0.39, 0.29) is 17.4 Å². The molecule has 1 amide bonds. The van der Waals surface area contributed by atoms with Crippen LogP contribution in [0.2, 0.25) is 5.02 Å². The monoisotopic (exact) mass is 369 g/mol. The van der Waals surface area contributed by atoms with E-state index in [1.807, 2.05) is 24.3 Å². The topological polar surface area (TPSA) is 54.0 Å². The van der Waals surface area contributed by atoms with Crippen LogP contribution in [0.5, 0.6) is 0 Å². The van der Waals surface area contributed by atoms with Gasteiger partial charge in [0.25, 0.3) is 5.91 Å². The van der Waals surface area contributed by atoms with Crippen molar-refractivity contribution in [2.45, 2.75) is 6.42 Å². The molecule has 0 bridgehead atoms. The van der Waals surface area contributed by atoms with E-state index in [1.54, 1.807) is 18.3 Å². The summed E-state index contributed by atoms with van der Waals surface area (Å²) >= 11 is 5.97. The zero-order chi connectivity index (χ0) is 18.4. The molecule has 0 aliphatic heterocycles. The second kappa shape index (κ2) is 8.45. The van der Waals surface area contributed by atoms with Crippen LogP contribution in [0.1, 0.15) is 16.1 Å². The molecule has 3 aromatic rings. The molecule has 6 heteroatoms. The minimum absolute atomic E-state index is 0.287. The molecule has 0 fully saturated rings. The number of carbonyl (C=O) groups is 1. The fourth-order valence-corrected chi connectivity index (χ4v) is 2.62. The minimum atomic E-state index is -0.352. The predicted molar refractivity (Wildman–Crippen MR) is 102 cm³/mol. The molecule has 0 atom stereocenters. The molecule has 132 valence electrons. The van der Waals surface area contributed by atoms with Crippen LogP contribution in [0.4, 0.5) is 15.8 Å². The standard InChI is InChI=1S/C20H17ClFN3O/c21-15-3-1-2-14(12-15)10-11-23-18-8-9-19(24-13-18)20(26)25-17-6-4-16(22)5-7-17/h1-9,12-13,23H,10-11H2,(H,25,26). The maximum absolute atomic E-state index is 12.9. The molecule has 0 saturated carbocycles. The van der Waals surface area contributed by atoms with Crippen molar-refractivity contribution >= 4 is 28.9 Å². The van der Waals surface area contributed by atoms with Crippen molar-refractivity contribution in [1.82, 2.24) is 4.98 Å². The first kappa shape index (κ1) is 17.9. The highest BCUT2D eigenvalue weighted by molar-refractivity contribution is 6.30. The Balaban J connectivity index is 1.52. The summed E-state index contributed by atoms with van der Waals surface area (Å²) in [6, 6.07) is 16.7. The largest absolute Gasteiger partial charge is 0.383 e. The summed E-state index contributed by atoms with van der Waals surface area (Å²) in [4.78, 5) is 16.3. The lowest BCUT2D eigenvalue weighted by atomic mass is 10.1. The number of hydrogen-bond acceptors (Lipinski definition) is 3. The molecule has 26 heavy (non-hydrogen) atoms. The van der Waals surface area contributed by atoms with Gasteiger partial charge in [-0.15, -0.1) is 0 Å². The van der Waals surface area contributed by atoms with Crippen molar-refractivity contribution in [2.75, 3.05) is 17.2 Å². The molecule has 0 aliphatic rings. The highest BCUT2D eigenvalue weighted by Crippen LogP contribution is 2.13. The number of aromatic nitrogens is 1. The second-order valence-electron chi connectivity index (χ2n) is 5.70. The quantitative estimate of drug-likeness (QED) is 0.657. The van der Waals surface area contributed by atoms with Crippen molar-refractivity contribution in [2.24, 2.45) is 0 Å². The first-order valence-electron chi connectivity index (χ1n) is 8.11. The van der Waals surface area contributed by atoms with Crippen LogP contribution in [-0.4, -0.2) is 17.4 Å². The summed E-state index contributed by atoms with van der Waals surface area (Å²) < 4.78 is 12.9. The Morgan fingerprint density at radius 3 is 2.50 bits per heavy atom. The molecule has 2 aromatic carbocycles. The van der Waals surface area contributed by atoms with Gasteiger partial charge in [0.05, 0.1) is 11.9 Å². The van der Waals surface area contributed by atoms with E-state index in [9.17, 15) is 9.18 Å². The van der Waals surface area contributed by atoms with Gasteiger partial charge in [-0.3, -0.25) is 4.79 Å². The van der Waals surface area contributed by atoms with Gasteiger partial charge in [0.15, 0.2) is 0 Å². The maximum atomic E-state index is 12.9. The third-order valence-corrected chi connectivity index (χ3v) is 3.97. The van der Waals surface area contributed by atoms with Gasteiger partial charge in [-0.05, 0) is 60.5 Å². The molecule has 0 radical (unpaired) electrons. The van der Waals surface area contributed by atoms with Gasteiger partial charge in [0, 0.05) is 17.3 Å². The number of benzene rings is 2. The van der Waals surface area contributed by atoms with E-state index in [0.717, 1.165) is 29.2 Å². The number of hydrogen-bond donors (Lipinski definition) is 2. The second-order valence-corrected chi connectivity index (χ2v) is 6.14. The lowest BCUT2D eigenvalue weighted by molar-refractivity contribution is 0.102. The first-order chi connectivity index (χ1) is 12.6. The molecule has 1 heterocycles. The van der Waals surface area contributed by atoms with Crippen LogP contribution in [-0.2, 0) is 6.42 Å². The Morgan fingerprint density at radius 2 is 1.81 bits per heavy atom. The number of halogens is 2. The van der Waals surface area contributed by atoms with E-state index >= 15 is 0 Å². The van der Waals surface area contributed by atoms with Gasteiger partial charge < -0.3 is 10.6 Å². The number of rotatable bonds is 6. The third-order valence-electron chi connectivity index (χ3n) is 3.73. The molecule has 0 spiro atoms. The number of amides is 1. The highest BCUT2D eigenvalue weighted by Gasteiger charge is 2.07. The van der Waals surface area contributed by atoms with Gasteiger partial charge in [-0.2, -0.15) is 0 Å². The van der Waals surface area contributed by atoms with E-state index in [4.69, 9.17) is 11.6 Å². The van der Waals surface area contributed by atoms with Crippen molar-refractivity contribution in [1.29, 1.82) is 0 Å². The smallest absolute Gasteiger partial charge is 0.274 e. The number of nitrogens with zero attached hydrogens (tertiary/aromatic N) is 1.